The van der Waals surface area contributed by atoms with Crippen molar-refractivity contribution in [1.29, 1.82) is 0 Å². The van der Waals surface area contributed by atoms with Gasteiger partial charge in [0.25, 0.3) is 0 Å². The van der Waals surface area contributed by atoms with E-state index < -0.39 is 0 Å². The molecule has 1 aromatic rings. The van der Waals surface area contributed by atoms with E-state index in [4.69, 9.17) is 6.42 Å². The first-order valence-electron chi connectivity index (χ1n) is 5.12. The third kappa shape index (κ3) is 3.38. The summed E-state index contributed by atoms with van der Waals surface area (Å²) in [6.45, 7) is 4.61. The number of hydrogen-bond acceptors (Lipinski definition) is 1. The molecule has 80 valence electrons. The maximum absolute atomic E-state index is 13.0. The lowest BCUT2D eigenvalue weighted by atomic mass is 10.1. The van der Waals surface area contributed by atoms with Crippen molar-refractivity contribution in [3.63, 3.8) is 0 Å². The van der Waals surface area contributed by atoms with Crippen molar-refractivity contribution in [3.05, 3.63) is 35.1 Å². The summed E-state index contributed by atoms with van der Waals surface area (Å²) >= 11 is 0. The third-order valence-corrected chi connectivity index (χ3v) is 2.46. The van der Waals surface area contributed by atoms with Gasteiger partial charge < -0.3 is 0 Å². The number of rotatable bonds is 4. The summed E-state index contributed by atoms with van der Waals surface area (Å²) in [5.41, 5.74) is 2.04. The van der Waals surface area contributed by atoms with E-state index in [2.05, 4.69) is 11.2 Å². The highest BCUT2D eigenvalue weighted by atomic mass is 19.1. The summed E-state index contributed by atoms with van der Waals surface area (Å²) in [6.07, 6.45) is 6.21. The van der Waals surface area contributed by atoms with E-state index in [9.17, 15) is 4.39 Å². The predicted octanol–water partition coefficient (Wildman–Crippen LogP) is 2.64. The lowest BCUT2D eigenvalue weighted by Gasteiger charge is -2.12. The second-order valence-corrected chi connectivity index (χ2v) is 3.58. The third-order valence-electron chi connectivity index (χ3n) is 2.46. The number of benzene rings is 1. The lowest BCUT2D eigenvalue weighted by molar-refractivity contribution is 0.583. The van der Waals surface area contributed by atoms with Gasteiger partial charge >= 0.3 is 0 Å². The number of terminal acetylenes is 1. The maximum atomic E-state index is 13.0. The van der Waals surface area contributed by atoms with E-state index in [1.165, 1.54) is 6.07 Å². The van der Waals surface area contributed by atoms with Crippen molar-refractivity contribution in [2.45, 2.75) is 32.9 Å². The van der Waals surface area contributed by atoms with Crippen LogP contribution in [0.3, 0.4) is 0 Å². The molecule has 0 amide bonds. The molecule has 0 radical (unpaired) electrons. The molecule has 0 saturated carbocycles. The monoisotopic (exact) mass is 205 g/mol. The fourth-order valence-corrected chi connectivity index (χ4v) is 1.38. The zero-order valence-corrected chi connectivity index (χ0v) is 9.18. The molecular weight excluding hydrogens is 189 g/mol. The van der Waals surface area contributed by atoms with Gasteiger partial charge in [0.15, 0.2) is 0 Å². The van der Waals surface area contributed by atoms with Crippen molar-refractivity contribution in [3.8, 4) is 12.3 Å². The highest BCUT2D eigenvalue weighted by Crippen LogP contribution is 2.10. The molecular formula is C13H16FN. The Morgan fingerprint density at radius 3 is 2.87 bits per heavy atom. The smallest absolute Gasteiger partial charge is 0.123 e. The standard InChI is InChI=1S/C13H16FN/c1-4-13(5-2)15-9-11-8-12(14)7-6-10(11)3/h1,6-8,13,15H,5,9H2,2-3H3. The minimum absolute atomic E-state index is 0.0627. The molecule has 1 unspecified atom stereocenters. The van der Waals surface area contributed by atoms with Crippen LogP contribution in [0.4, 0.5) is 4.39 Å². The Morgan fingerprint density at radius 1 is 1.53 bits per heavy atom. The van der Waals surface area contributed by atoms with E-state index in [1.54, 1.807) is 12.1 Å². The Balaban J connectivity index is 2.65. The summed E-state index contributed by atoms with van der Waals surface area (Å²) in [4.78, 5) is 0. The van der Waals surface area contributed by atoms with Gasteiger partial charge in [-0.2, -0.15) is 0 Å². The quantitative estimate of drug-likeness (QED) is 0.745. The van der Waals surface area contributed by atoms with Crippen LogP contribution in [0.1, 0.15) is 24.5 Å². The van der Waals surface area contributed by atoms with Crippen LogP contribution in [0.25, 0.3) is 0 Å². The Kier molecular flexibility index (Phi) is 4.33. The molecule has 15 heavy (non-hydrogen) atoms. The van der Waals surface area contributed by atoms with Crippen LogP contribution in [0, 0.1) is 25.1 Å². The van der Waals surface area contributed by atoms with E-state index in [0.717, 1.165) is 17.5 Å². The molecule has 0 aliphatic rings. The Bertz CT molecular complexity index is 365. The topological polar surface area (TPSA) is 12.0 Å². The second-order valence-electron chi connectivity index (χ2n) is 3.58. The first-order chi connectivity index (χ1) is 7.17. The number of nitrogens with one attached hydrogen (secondary N) is 1. The summed E-state index contributed by atoms with van der Waals surface area (Å²) in [7, 11) is 0. The molecule has 1 rings (SSSR count). The van der Waals surface area contributed by atoms with Crippen molar-refractivity contribution in [2.75, 3.05) is 0 Å². The summed E-state index contributed by atoms with van der Waals surface area (Å²) in [5.74, 6) is 2.45. The van der Waals surface area contributed by atoms with E-state index in [-0.39, 0.29) is 11.9 Å². The molecule has 0 fully saturated rings. The highest BCUT2D eigenvalue weighted by Gasteiger charge is 2.03. The molecule has 0 aliphatic carbocycles. The van der Waals surface area contributed by atoms with Crippen molar-refractivity contribution >= 4 is 0 Å². The molecule has 0 saturated heterocycles. The largest absolute Gasteiger partial charge is 0.300 e. The van der Waals surface area contributed by atoms with Gasteiger partial charge in [-0.1, -0.05) is 18.9 Å². The fourth-order valence-electron chi connectivity index (χ4n) is 1.38. The molecule has 0 aromatic heterocycles. The van der Waals surface area contributed by atoms with Crippen LogP contribution >= 0.6 is 0 Å². The maximum Gasteiger partial charge on any atom is 0.123 e. The Morgan fingerprint density at radius 2 is 2.27 bits per heavy atom. The SMILES string of the molecule is C#CC(CC)NCc1cc(F)ccc1C. The zero-order chi connectivity index (χ0) is 11.3. The molecule has 0 bridgehead atoms. The van der Waals surface area contributed by atoms with Gasteiger partial charge in [-0.25, -0.2) is 4.39 Å². The van der Waals surface area contributed by atoms with Gasteiger partial charge in [0.1, 0.15) is 5.82 Å². The molecule has 2 heteroatoms. The van der Waals surface area contributed by atoms with Gasteiger partial charge in [-0.05, 0) is 36.6 Å². The van der Waals surface area contributed by atoms with Gasteiger partial charge in [-0.3, -0.25) is 5.32 Å². The molecule has 1 nitrogen and oxygen atoms in total. The van der Waals surface area contributed by atoms with Crippen LogP contribution in [0.5, 0.6) is 0 Å². The van der Waals surface area contributed by atoms with Crippen LogP contribution in [-0.4, -0.2) is 6.04 Å². The number of hydrogen-bond donors (Lipinski definition) is 1. The first-order valence-corrected chi connectivity index (χ1v) is 5.12. The average molecular weight is 205 g/mol. The molecule has 0 spiro atoms. The van der Waals surface area contributed by atoms with E-state index in [0.29, 0.717) is 6.54 Å². The molecule has 1 atom stereocenters. The summed E-state index contributed by atoms with van der Waals surface area (Å²) in [6, 6.07) is 4.86. The van der Waals surface area contributed by atoms with Crippen LogP contribution in [-0.2, 0) is 6.54 Å². The number of aryl methyl sites for hydroxylation is 1. The van der Waals surface area contributed by atoms with Gasteiger partial charge in [0.05, 0.1) is 6.04 Å². The predicted molar refractivity (Wildman–Crippen MR) is 60.9 cm³/mol. The van der Waals surface area contributed by atoms with Crippen LogP contribution < -0.4 is 5.32 Å². The minimum Gasteiger partial charge on any atom is -0.300 e. The fraction of sp³-hybridized carbons (Fsp3) is 0.385. The number of halogens is 1. The van der Waals surface area contributed by atoms with E-state index in [1.807, 2.05) is 13.8 Å². The van der Waals surface area contributed by atoms with Gasteiger partial charge in [0.2, 0.25) is 0 Å². The minimum atomic E-state index is -0.203. The highest BCUT2D eigenvalue weighted by molar-refractivity contribution is 5.26. The van der Waals surface area contributed by atoms with Crippen molar-refractivity contribution in [1.82, 2.24) is 5.32 Å². The molecule has 0 aliphatic heterocycles. The summed E-state index contributed by atoms with van der Waals surface area (Å²) in [5, 5.41) is 3.20. The van der Waals surface area contributed by atoms with Gasteiger partial charge in [-0.15, -0.1) is 6.42 Å². The second kappa shape index (κ2) is 5.53. The van der Waals surface area contributed by atoms with E-state index >= 15 is 0 Å². The average Bonchev–Trinajstić information content (AvgIpc) is 2.24. The molecule has 1 N–H and O–H groups in total. The molecule has 0 heterocycles. The van der Waals surface area contributed by atoms with Gasteiger partial charge in [0, 0.05) is 6.54 Å². The van der Waals surface area contributed by atoms with Crippen LogP contribution in [0.15, 0.2) is 18.2 Å². The Labute approximate surface area is 90.7 Å². The first kappa shape index (κ1) is 11.7. The molecule has 1 aromatic carbocycles. The van der Waals surface area contributed by atoms with Crippen LogP contribution in [0.2, 0.25) is 0 Å². The van der Waals surface area contributed by atoms with Crippen molar-refractivity contribution < 1.29 is 4.39 Å². The zero-order valence-electron chi connectivity index (χ0n) is 9.18. The lowest BCUT2D eigenvalue weighted by Crippen LogP contribution is -2.26. The van der Waals surface area contributed by atoms with Crippen molar-refractivity contribution in [2.24, 2.45) is 0 Å². The normalized spacial score (nSPS) is 12.1. The summed E-state index contributed by atoms with van der Waals surface area (Å²) < 4.78 is 13.0. The Hall–Kier alpha value is -1.33.